The highest BCUT2D eigenvalue weighted by Crippen LogP contribution is 2.20. The summed E-state index contributed by atoms with van der Waals surface area (Å²) < 4.78 is 37.4. The molecule has 0 radical (unpaired) electrons. The molecule has 23 heavy (non-hydrogen) atoms. The Bertz CT molecular complexity index is 777. The van der Waals surface area contributed by atoms with Gasteiger partial charge in [0.2, 0.25) is 5.91 Å². The molecule has 1 amide bonds. The fourth-order valence-electron chi connectivity index (χ4n) is 2.06. The third-order valence-electron chi connectivity index (χ3n) is 3.63. The highest BCUT2D eigenvalue weighted by Gasteiger charge is 2.25. The Morgan fingerprint density at radius 3 is 2.48 bits per heavy atom. The molecule has 0 aliphatic rings. The smallest absolute Gasteiger partial charge is 0.238 e. The average molecular weight is 336 g/mol. The first-order valence-electron chi connectivity index (χ1n) is 6.95. The Balaban J connectivity index is 2.12. The molecular weight excluding hydrogens is 319 g/mol. The number of amides is 1. The molecule has 0 aliphatic heterocycles. The van der Waals surface area contributed by atoms with Gasteiger partial charge >= 0.3 is 0 Å². The van der Waals surface area contributed by atoms with E-state index < -0.39 is 21.5 Å². The van der Waals surface area contributed by atoms with Gasteiger partial charge in [-0.25, -0.2) is 12.8 Å². The van der Waals surface area contributed by atoms with Crippen molar-refractivity contribution in [2.75, 3.05) is 12.8 Å². The normalized spacial score (nSPS) is 12.7. The Kier molecular flexibility index (Phi) is 5.10. The lowest BCUT2D eigenvalue weighted by Crippen LogP contribution is -2.34. The number of nitrogens with zero attached hydrogens (tertiary/aromatic N) is 2. The van der Waals surface area contributed by atoms with Gasteiger partial charge in [-0.1, -0.05) is 12.1 Å². The number of halogens is 1. The number of hydrogen-bond acceptors (Lipinski definition) is 4. The lowest BCUT2D eigenvalue weighted by Gasteiger charge is -2.25. The molecule has 1 aromatic heterocycles. The van der Waals surface area contributed by atoms with Crippen LogP contribution in [0.3, 0.4) is 0 Å². The van der Waals surface area contributed by atoms with Crippen LogP contribution < -0.4 is 0 Å². The Morgan fingerprint density at radius 1 is 1.26 bits per heavy atom. The van der Waals surface area contributed by atoms with Crippen LogP contribution >= 0.6 is 0 Å². The fraction of sp³-hybridized carbons (Fsp3) is 0.250. The summed E-state index contributed by atoms with van der Waals surface area (Å²) in [5, 5.41) is 0. The number of carbonyl (C=O) groups excluding carboxylic acids is 1. The maximum Gasteiger partial charge on any atom is 0.238 e. The zero-order valence-corrected chi connectivity index (χ0v) is 13.6. The van der Waals surface area contributed by atoms with Crippen molar-refractivity contribution in [2.45, 2.75) is 17.9 Å². The summed E-state index contributed by atoms with van der Waals surface area (Å²) in [7, 11) is -2.22. The lowest BCUT2D eigenvalue weighted by molar-refractivity contribution is -0.129. The maximum atomic E-state index is 13.0. The number of rotatable bonds is 5. The van der Waals surface area contributed by atoms with Gasteiger partial charge in [-0.3, -0.25) is 9.78 Å². The van der Waals surface area contributed by atoms with Crippen LogP contribution in [0.1, 0.15) is 18.5 Å². The summed E-state index contributed by atoms with van der Waals surface area (Å²) in [6.07, 6.45) is 2.68. The van der Waals surface area contributed by atoms with E-state index >= 15 is 0 Å². The Labute approximate surface area is 134 Å². The molecule has 1 atom stereocenters. The van der Waals surface area contributed by atoms with Crippen LogP contribution in [0.5, 0.6) is 0 Å². The molecule has 1 aromatic carbocycles. The molecule has 0 aliphatic carbocycles. The van der Waals surface area contributed by atoms with Crippen LogP contribution in [-0.4, -0.2) is 37.0 Å². The molecule has 0 saturated heterocycles. The average Bonchev–Trinajstić information content (AvgIpc) is 2.54. The zero-order valence-electron chi connectivity index (χ0n) is 12.8. The third-order valence-corrected chi connectivity index (χ3v) is 5.22. The van der Waals surface area contributed by atoms with Crippen molar-refractivity contribution in [3.8, 4) is 0 Å². The molecule has 122 valence electrons. The molecule has 1 heterocycles. The van der Waals surface area contributed by atoms with E-state index in [9.17, 15) is 17.6 Å². The zero-order chi connectivity index (χ0) is 17.0. The van der Waals surface area contributed by atoms with Crippen molar-refractivity contribution in [1.82, 2.24) is 9.88 Å². The largest absolute Gasteiger partial charge is 0.338 e. The number of aromatic nitrogens is 1. The van der Waals surface area contributed by atoms with Crippen molar-refractivity contribution in [2.24, 2.45) is 0 Å². The van der Waals surface area contributed by atoms with E-state index in [-0.39, 0.29) is 16.8 Å². The number of hydrogen-bond donors (Lipinski definition) is 0. The van der Waals surface area contributed by atoms with Crippen molar-refractivity contribution >= 4 is 15.7 Å². The highest BCUT2D eigenvalue weighted by atomic mass is 32.2. The van der Waals surface area contributed by atoms with Crippen LogP contribution in [0.2, 0.25) is 0 Å². The molecule has 2 rings (SSSR count). The number of pyridine rings is 1. The molecule has 0 saturated carbocycles. The summed E-state index contributed by atoms with van der Waals surface area (Å²) in [5.41, 5.74) is 0.723. The van der Waals surface area contributed by atoms with Crippen molar-refractivity contribution in [1.29, 1.82) is 0 Å². The van der Waals surface area contributed by atoms with Gasteiger partial charge in [0.05, 0.1) is 10.9 Å². The number of sulfone groups is 1. The first kappa shape index (κ1) is 17.1. The summed E-state index contributed by atoms with van der Waals surface area (Å²) in [6, 6.07) is 8.28. The van der Waals surface area contributed by atoms with E-state index in [1.165, 1.54) is 48.6 Å². The van der Waals surface area contributed by atoms with E-state index in [1.807, 2.05) is 0 Å². The van der Waals surface area contributed by atoms with E-state index in [0.717, 1.165) is 5.56 Å². The summed E-state index contributed by atoms with van der Waals surface area (Å²) in [6.45, 7) is 1.75. The van der Waals surface area contributed by atoms with E-state index in [0.29, 0.717) is 0 Å². The topological polar surface area (TPSA) is 67.3 Å². The Morgan fingerprint density at radius 2 is 1.91 bits per heavy atom. The third kappa shape index (κ3) is 4.13. The van der Waals surface area contributed by atoms with Gasteiger partial charge in [-0.2, -0.15) is 0 Å². The summed E-state index contributed by atoms with van der Waals surface area (Å²) in [5.74, 6) is -1.54. The molecular formula is C16H17FN2O3S. The molecule has 0 spiro atoms. The number of carbonyl (C=O) groups is 1. The van der Waals surface area contributed by atoms with Crippen molar-refractivity contribution < 1.29 is 17.6 Å². The monoisotopic (exact) mass is 336 g/mol. The molecule has 0 N–H and O–H groups in total. The van der Waals surface area contributed by atoms with Crippen molar-refractivity contribution in [3.05, 3.63) is 60.2 Å². The lowest BCUT2D eigenvalue weighted by atomic mass is 10.1. The fourth-order valence-corrected chi connectivity index (χ4v) is 3.26. The standard InChI is InChI=1S/C16H17FN2O3S/c1-12(13-5-7-14(17)8-6-13)19(2)16(20)11-23(21,22)15-4-3-9-18-10-15/h3-10,12H,11H2,1-2H3. The van der Waals surface area contributed by atoms with Crippen LogP contribution in [0.15, 0.2) is 53.7 Å². The first-order valence-corrected chi connectivity index (χ1v) is 8.60. The molecule has 0 fully saturated rings. The second-order valence-electron chi connectivity index (χ2n) is 5.18. The SMILES string of the molecule is CC(c1ccc(F)cc1)N(C)C(=O)CS(=O)(=O)c1cccnc1. The van der Waals surface area contributed by atoms with E-state index in [4.69, 9.17) is 0 Å². The summed E-state index contributed by atoms with van der Waals surface area (Å²) in [4.78, 5) is 17.4. The minimum Gasteiger partial charge on any atom is -0.338 e. The predicted octanol–water partition coefficient (Wildman–Crippen LogP) is 2.21. The molecule has 2 aromatic rings. The second kappa shape index (κ2) is 6.87. The van der Waals surface area contributed by atoms with Crippen LogP contribution in [0, 0.1) is 5.82 Å². The van der Waals surface area contributed by atoms with Gasteiger partial charge in [0.1, 0.15) is 11.6 Å². The van der Waals surface area contributed by atoms with Crippen molar-refractivity contribution in [3.63, 3.8) is 0 Å². The molecule has 0 bridgehead atoms. The first-order chi connectivity index (χ1) is 10.8. The van der Waals surface area contributed by atoms with Crippen LogP contribution in [-0.2, 0) is 14.6 Å². The van der Waals surface area contributed by atoms with Gasteiger partial charge in [-0.05, 0) is 36.8 Å². The van der Waals surface area contributed by atoms with Gasteiger partial charge < -0.3 is 4.90 Å². The highest BCUT2D eigenvalue weighted by molar-refractivity contribution is 7.92. The quantitative estimate of drug-likeness (QED) is 0.839. The van der Waals surface area contributed by atoms with Gasteiger partial charge in [0.25, 0.3) is 0 Å². The van der Waals surface area contributed by atoms with E-state index in [2.05, 4.69) is 4.98 Å². The summed E-state index contributed by atoms with van der Waals surface area (Å²) >= 11 is 0. The Hall–Kier alpha value is -2.28. The van der Waals surface area contributed by atoms with Crippen LogP contribution in [0.25, 0.3) is 0 Å². The molecule has 7 heteroatoms. The van der Waals surface area contributed by atoms with Gasteiger partial charge in [0.15, 0.2) is 9.84 Å². The van der Waals surface area contributed by atoms with Crippen LogP contribution in [0.4, 0.5) is 4.39 Å². The second-order valence-corrected chi connectivity index (χ2v) is 7.17. The number of benzene rings is 1. The van der Waals surface area contributed by atoms with Gasteiger partial charge in [0, 0.05) is 19.4 Å². The molecule has 5 nitrogen and oxygen atoms in total. The van der Waals surface area contributed by atoms with E-state index in [1.54, 1.807) is 19.1 Å². The molecule has 1 unspecified atom stereocenters. The maximum absolute atomic E-state index is 13.0. The predicted molar refractivity (Wildman–Crippen MR) is 83.9 cm³/mol. The minimum atomic E-state index is -3.74. The minimum absolute atomic E-state index is 0.0104. The van der Waals surface area contributed by atoms with Gasteiger partial charge in [-0.15, -0.1) is 0 Å².